The molecule has 2 amide bonds. The van der Waals surface area contributed by atoms with Crippen LogP contribution in [0.4, 0.5) is 11.6 Å². The number of aromatic nitrogens is 4. The molecule has 12 nitrogen and oxygen atoms in total. The molecule has 1 saturated heterocycles. The average molecular weight is 624 g/mol. The van der Waals surface area contributed by atoms with Crippen LogP contribution in [0.1, 0.15) is 32.2 Å². The van der Waals surface area contributed by atoms with Gasteiger partial charge in [-0.25, -0.2) is 18.4 Å². The van der Waals surface area contributed by atoms with Crippen molar-refractivity contribution in [3.05, 3.63) is 108 Å². The molecule has 1 N–H and O–H groups in total. The zero-order valence-electron chi connectivity index (χ0n) is 24.5. The van der Waals surface area contributed by atoms with Gasteiger partial charge in [0.1, 0.15) is 11.3 Å². The Morgan fingerprint density at radius 3 is 2.02 bits per heavy atom. The lowest BCUT2D eigenvalue weighted by atomic mass is 10.1. The summed E-state index contributed by atoms with van der Waals surface area (Å²) in [7, 11) is -3.65. The third-order valence-corrected chi connectivity index (χ3v) is 9.35. The minimum atomic E-state index is -3.65. The second-order valence-corrected chi connectivity index (χ2v) is 12.4. The summed E-state index contributed by atoms with van der Waals surface area (Å²) in [6.07, 6.45) is 4.50. The monoisotopic (exact) mass is 623 g/mol. The molecule has 6 rings (SSSR count). The van der Waals surface area contributed by atoms with Crippen molar-refractivity contribution in [3.8, 4) is 11.3 Å². The first-order valence-corrected chi connectivity index (χ1v) is 15.7. The second-order valence-electron chi connectivity index (χ2n) is 10.5. The van der Waals surface area contributed by atoms with Crippen molar-refractivity contribution in [1.29, 1.82) is 0 Å². The molecule has 1 aliphatic rings. The van der Waals surface area contributed by atoms with E-state index in [-0.39, 0.29) is 21.6 Å². The summed E-state index contributed by atoms with van der Waals surface area (Å²) in [6, 6.07) is 18.2. The standard InChI is InChI=1S/C32H29N7O5S/c1-21-29(22(2)44-37-21)31(41)39-19-17-38(18-20-39)30(40)24-3-7-25(8-4-24)35-32-34-16-13-28(36-32)23-5-9-26(10-6-23)45(42,43)27-11-14-33-15-12-27/h3-16H,17-20H2,1-2H3,(H,34,35,36). The number of nitrogens with zero attached hydrogens (tertiary/aromatic N) is 6. The van der Waals surface area contributed by atoms with Crippen molar-refractivity contribution in [1.82, 2.24) is 29.9 Å². The van der Waals surface area contributed by atoms with Gasteiger partial charge < -0.3 is 19.6 Å². The number of pyridine rings is 1. The van der Waals surface area contributed by atoms with Gasteiger partial charge in [-0.3, -0.25) is 14.6 Å². The highest BCUT2D eigenvalue weighted by Crippen LogP contribution is 2.25. The van der Waals surface area contributed by atoms with Crippen LogP contribution in [0.2, 0.25) is 0 Å². The summed E-state index contributed by atoms with van der Waals surface area (Å²) >= 11 is 0. The van der Waals surface area contributed by atoms with E-state index in [9.17, 15) is 18.0 Å². The van der Waals surface area contributed by atoms with Crippen LogP contribution in [0, 0.1) is 13.8 Å². The van der Waals surface area contributed by atoms with E-state index in [2.05, 4.69) is 25.4 Å². The van der Waals surface area contributed by atoms with Crippen LogP contribution in [-0.2, 0) is 9.84 Å². The van der Waals surface area contributed by atoms with Crippen molar-refractivity contribution in [2.24, 2.45) is 0 Å². The van der Waals surface area contributed by atoms with Gasteiger partial charge in [-0.05, 0) is 68.4 Å². The van der Waals surface area contributed by atoms with Crippen LogP contribution in [0.3, 0.4) is 0 Å². The van der Waals surface area contributed by atoms with Crippen LogP contribution >= 0.6 is 0 Å². The highest BCUT2D eigenvalue weighted by Gasteiger charge is 2.28. The molecular weight excluding hydrogens is 594 g/mol. The van der Waals surface area contributed by atoms with Crippen molar-refractivity contribution >= 4 is 33.3 Å². The fourth-order valence-electron chi connectivity index (χ4n) is 5.10. The Morgan fingerprint density at radius 1 is 0.778 bits per heavy atom. The molecule has 0 saturated carbocycles. The molecular formula is C32H29N7O5S. The number of aryl methyl sites for hydroxylation is 2. The maximum atomic E-state index is 13.2. The lowest BCUT2D eigenvalue weighted by molar-refractivity contribution is 0.0534. The van der Waals surface area contributed by atoms with Crippen LogP contribution < -0.4 is 5.32 Å². The van der Waals surface area contributed by atoms with Crippen LogP contribution in [0.25, 0.3) is 11.3 Å². The van der Waals surface area contributed by atoms with Gasteiger partial charge >= 0.3 is 0 Å². The number of carbonyl (C=O) groups excluding carboxylic acids is 2. The highest BCUT2D eigenvalue weighted by molar-refractivity contribution is 7.91. The largest absolute Gasteiger partial charge is 0.361 e. The predicted molar refractivity (Wildman–Crippen MR) is 165 cm³/mol. The van der Waals surface area contributed by atoms with E-state index in [4.69, 9.17) is 4.52 Å². The SMILES string of the molecule is Cc1noc(C)c1C(=O)N1CCN(C(=O)c2ccc(Nc3nccc(-c4ccc(S(=O)(=O)c5ccncc5)cc4)n3)cc2)CC1. The molecule has 0 spiro atoms. The summed E-state index contributed by atoms with van der Waals surface area (Å²) in [4.78, 5) is 42.6. The maximum absolute atomic E-state index is 13.2. The molecule has 45 heavy (non-hydrogen) atoms. The molecule has 1 aliphatic heterocycles. The van der Waals surface area contributed by atoms with Gasteiger partial charge in [0.15, 0.2) is 0 Å². The summed E-state index contributed by atoms with van der Waals surface area (Å²) in [5.74, 6) is 0.592. The third-order valence-electron chi connectivity index (χ3n) is 7.57. The van der Waals surface area contributed by atoms with Gasteiger partial charge in [0.05, 0.1) is 21.2 Å². The minimum Gasteiger partial charge on any atom is -0.361 e. The molecule has 3 aromatic heterocycles. The van der Waals surface area contributed by atoms with E-state index in [0.717, 1.165) is 5.56 Å². The zero-order chi connectivity index (χ0) is 31.6. The topological polar surface area (TPSA) is 151 Å². The Bertz CT molecular complexity index is 1930. The fourth-order valence-corrected chi connectivity index (χ4v) is 6.35. The van der Waals surface area contributed by atoms with Gasteiger partial charge in [-0.15, -0.1) is 0 Å². The van der Waals surface area contributed by atoms with Crippen molar-refractivity contribution in [2.45, 2.75) is 23.6 Å². The molecule has 2 aromatic carbocycles. The smallest absolute Gasteiger partial charge is 0.259 e. The average Bonchev–Trinajstić information content (AvgIpc) is 3.42. The van der Waals surface area contributed by atoms with Gasteiger partial charge in [-0.2, -0.15) is 0 Å². The number of hydrogen-bond acceptors (Lipinski definition) is 10. The van der Waals surface area contributed by atoms with E-state index in [0.29, 0.717) is 66.1 Å². The number of piperazine rings is 1. The van der Waals surface area contributed by atoms with Gasteiger partial charge in [0.2, 0.25) is 15.8 Å². The second kappa shape index (κ2) is 12.3. The van der Waals surface area contributed by atoms with Gasteiger partial charge in [0, 0.05) is 61.6 Å². The Labute approximate surface area is 259 Å². The molecule has 0 radical (unpaired) electrons. The summed E-state index contributed by atoms with van der Waals surface area (Å²) in [6.45, 7) is 5.15. The number of rotatable bonds is 7. The van der Waals surface area contributed by atoms with E-state index >= 15 is 0 Å². The molecule has 0 atom stereocenters. The molecule has 4 heterocycles. The molecule has 0 bridgehead atoms. The van der Waals surface area contributed by atoms with Crippen molar-refractivity contribution in [3.63, 3.8) is 0 Å². The Morgan fingerprint density at radius 2 is 1.40 bits per heavy atom. The molecule has 228 valence electrons. The first-order valence-electron chi connectivity index (χ1n) is 14.2. The fraction of sp³-hybridized carbons (Fsp3) is 0.188. The number of amides is 2. The normalized spacial score (nSPS) is 13.5. The number of nitrogens with one attached hydrogen (secondary N) is 1. The summed E-state index contributed by atoms with van der Waals surface area (Å²) in [5, 5.41) is 7.02. The van der Waals surface area contributed by atoms with Crippen LogP contribution in [0.15, 0.2) is 99.6 Å². The lowest BCUT2D eigenvalue weighted by Crippen LogP contribution is -2.50. The van der Waals surface area contributed by atoms with E-state index in [1.54, 1.807) is 84.4 Å². The van der Waals surface area contributed by atoms with E-state index in [1.807, 2.05) is 0 Å². The number of carbonyl (C=O) groups is 2. The van der Waals surface area contributed by atoms with Crippen molar-refractivity contribution < 1.29 is 22.5 Å². The summed E-state index contributed by atoms with van der Waals surface area (Å²) in [5.41, 5.74) is 3.60. The van der Waals surface area contributed by atoms with Crippen LogP contribution in [-0.4, -0.2) is 76.3 Å². The Hall–Kier alpha value is -5.43. The third kappa shape index (κ3) is 6.15. The number of hydrogen-bond donors (Lipinski definition) is 1. The van der Waals surface area contributed by atoms with E-state index in [1.165, 1.54) is 24.5 Å². The first kappa shape index (κ1) is 29.6. The Kier molecular flexibility index (Phi) is 8.09. The molecule has 13 heteroatoms. The molecule has 0 aliphatic carbocycles. The lowest BCUT2D eigenvalue weighted by Gasteiger charge is -2.34. The quantitative estimate of drug-likeness (QED) is 0.278. The number of sulfone groups is 1. The van der Waals surface area contributed by atoms with Crippen LogP contribution in [0.5, 0.6) is 0 Å². The Balaban J connectivity index is 1.07. The number of anilines is 2. The van der Waals surface area contributed by atoms with E-state index < -0.39 is 9.84 Å². The van der Waals surface area contributed by atoms with Crippen molar-refractivity contribution in [2.75, 3.05) is 31.5 Å². The maximum Gasteiger partial charge on any atom is 0.259 e. The molecule has 0 unspecified atom stereocenters. The minimum absolute atomic E-state index is 0.112. The van der Waals surface area contributed by atoms with Gasteiger partial charge in [0.25, 0.3) is 11.8 Å². The first-order chi connectivity index (χ1) is 21.7. The zero-order valence-corrected chi connectivity index (χ0v) is 25.4. The number of benzene rings is 2. The summed E-state index contributed by atoms with van der Waals surface area (Å²) < 4.78 is 30.9. The molecule has 5 aromatic rings. The highest BCUT2D eigenvalue weighted by atomic mass is 32.2. The van der Waals surface area contributed by atoms with Gasteiger partial charge in [-0.1, -0.05) is 17.3 Å². The molecule has 1 fully saturated rings. The predicted octanol–water partition coefficient (Wildman–Crippen LogP) is 4.32.